The normalized spacial score (nSPS) is 15.6. The number of rotatable bonds is 4. The number of aromatic nitrogens is 2. The molecule has 0 aliphatic carbocycles. The van der Waals surface area contributed by atoms with Gasteiger partial charge in [-0.05, 0) is 29.9 Å². The predicted octanol–water partition coefficient (Wildman–Crippen LogP) is 3.52. The third-order valence-electron chi connectivity index (χ3n) is 4.42. The average molecular weight is 361 g/mol. The van der Waals surface area contributed by atoms with Crippen LogP contribution in [0.5, 0.6) is 0 Å². The third-order valence-corrected chi connectivity index (χ3v) is 5.18. The molecule has 0 spiro atoms. The number of hydrogen-bond acceptors (Lipinski definition) is 6. The number of benzene rings is 1. The molecule has 0 saturated carbocycles. The Morgan fingerprint density at radius 2 is 2.08 bits per heavy atom. The Kier molecular flexibility index (Phi) is 4.00. The number of thiazole rings is 1. The number of para-hydroxylation sites is 1. The van der Waals surface area contributed by atoms with Crippen molar-refractivity contribution in [2.45, 2.75) is 18.9 Å². The van der Waals surface area contributed by atoms with Gasteiger partial charge in [0.25, 0.3) is 4.96 Å². The van der Waals surface area contributed by atoms with Gasteiger partial charge < -0.3 is 20.3 Å². The standard InChI is InChI=1S/C16H16FN5O2S/c17-12-3-1-2-4-13(12)18-11-5-7-20(8-6-11)14-15(22(23)24)21-9-10-25-16(21)19-14/h1-4,9-11,18H,5-8H2. The molecular weight excluding hydrogens is 345 g/mol. The molecule has 130 valence electrons. The second-order valence-electron chi connectivity index (χ2n) is 5.96. The quantitative estimate of drug-likeness (QED) is 0.568. The van der Waals surface area contributed by atoms with Crippen molar-refractivity contribution in [3.8, 4) is 0 Å². The van der Waals surface area contributed by atoms with Gasteiger partial charge in [-0.2, -0.15) is 9.38 Å². The molecule has 1 aliphatic rings. The van der Waals surface area contributed by atoms with Crippen LogP contribution in [0.4, 0.5) is 21.7 Å². The Morgan fingerprint density at radius 3 is 2.80 bits per heavy atom. The minimum absolute atomic E-state index is 0.0109. The van der Waals surface area contributed by atoms with Crippen molar-refractivity contribution in [1.29, 1.82) is 0 Å². The summed E-state index contributed by atoms with van der Waals surface area (Å²) in [5.74, 6) is 0.160. The van der Waals surface area contributed by atoms with Crippen molar-refractivity contribution in [1.82, 2.24) is 9.38 Å². The maximum absolute atomic E-state index is 13.8. The molecule has 1 fully saturated rings. The molecule has 0 bridgehead atoms. The van der Waals surface area contributed by atoms with E-state index in [0.717, 1.165) is 12.8 Å². The number of nitro groups is 1. The van der Waals surface area contributed by atoms with Crippen LogP contribution in [0, 0.1) is 15.9 Å². The number of imidazole rings is 1. The van der Waals surface area contributed by atoms with E-state index in [1.54, 1.807) is 29.8 Å². The van der Waals surface area contributed by atoms with Crippen LogP contribution < -0.4 is 10.2 Å². The number of anilines is 2. The van der Waals surface area contributed by atoms with Gasteiger partial charge in [-0.1, -0.05) is 23.5 Å². The van der Waals surface area contributed by atoms with Gasteiger partial charge in [0.15, 0.2) is 0 Å². The number of fused-ring (bicyclic) bond motifs is 1. The van der Waals surface area contributed by atoms with E-state index in [1.807, 2.05) is 4.90 Å². The molecule has 7 nitrogen and oxygen atoms in total. The summed E-state index contributed by atoms with van der Waals surface area (Å²) < 4.78 is 15.3. The van der Waals surface area contributed by atoms with Crippen molar-refractivity contribution in [3.63, 3.8) is 0 Å². The van der Waals surface area contributed by atoms with Gasteiger partial charge in [-0.15, -0.1) is 0 Å². The third kappa shape index (κ3) is 2.91. The highest BCUT2D eigenvalue weighted by Crippen LogP contribution is 2.33. The Bertz CT molecular complexity index is 916. The molecule has 0 radical (unpaired) electrons. The minimum Gasteiger partial charge on any atom is -0.380 e. The van der Waals surface area contributed by atoms with Crippen molar-refractivity contribution in [2.24, 2.45) is 0 Å². The van der Waals surface area contributed by atoms with Crippen molar-refractivity contribution in [3.05, 3.63) is 51.8 Å². The molecular formula is C16H16FN5O2S. The summed E-state index contributed by atoms with van der Waals surface area (Å²) in [5, 5.41) is 16.5. The van der Waals surface area contributed by atoms with Crippen LogP contribution in [0.2, 0.25) is 0 Å². The molecule has 9 heteroatoms. The fourth-order valence-corrected chi connectivity index (χ4v) is 3.88. The summed E-state index contributed by atoms with van der Waals surface area (Å²) in [6, 6.07) is 6.74. The second kappa shape index (κ2) is 6.32. The Balaban J connectivity index is 1.49. The molecule has 2 aromatic heterocycles. The number of nitrogens with zero attached hydrogens (tertiary/aromatic N) is 4. The van der Waals surface area contributed by atoms with E-state index in [9.17, 15) is 14.5 Å². The summed E-state index contributed by atoms with van der Waals surface area (Å²) in [4.78, 5) is 18.1. The number of nitrogens with one attached hydrogen (secondary N) is 1. The summed E-state index contributed by atoms with van der Waals surface area (Å²) in [5.41, 5.74) is 0.495. The first-order valence-electron chi connectivity index (χ1n) is 7.99. The Labute approximate surface area is 146 Å². The predicted molar refractivity (Wildman–Crippen MR) is 95.0 cm³/mol. The van der Waals surface area contributed by atoms with Gasteiger partial charge in [0, 0.05) is 24.5 Å². The van der Waals surface area contributed by atoms with Crippen molar-refractivity contribution in [2.75, 3.05) is 23.3 Å². The lowest BCUT2D eigenvalue weighted by Crippen LogP contribution is -2.39. The van der Waals surface area contributed by atoms with Crippen LogP contribution >= 0.6 is 11.3 Å². The smallest absolute Gasteiger partial charge is 0.373 e. The fourth-order valence-electron chi connectivity index (χ4n) is 3.18. The molecule has 3 aromatic rings. The number of halogens is 1. The molecule has 1 N–H and O–H groups in total. The van der Waals surface area contributed by atoms with E-state index >= 15 is 0 Å². The van der Waals surface area contributed by atoms with E-state index in [1.165, 1.54) is 21.8 Å². The topological polar surface area (TPSA) is 75.7 Å². The van der Waals surface area contributed by atoms with Gasteiger partial charge in [0.1, 0.15) is 12.0 Å². The van der Waals surface area contributed by atoms with E-state index in [0.29, 0.717) is 29.6 Å². The maximum Gasteiger partial charge on any atom is 0.373 e. The molecule has 0 amide bonds. The lowest BCUT2D eigenvalue weighted by Gasteiger charge is -2.32. The fraction of sp³-hybridized carbons (Fsp3) is 0.312. The van der Waals surface area contributed by atoms with Gasteiger partial charge in [-0.25, -0.2) is 4.39 Å². The van der Waals surface area contributed by atoms with Crippen LogP contribution in [0.1, 0.15) is 12.8 Å². The molecule has 1 aromatic carbocycles. The molecule has 0 atom stereocenters. The van der Waals surface area contributed by atoms with Crippen LogP contribution in [-0.4, -0.2) is 33.4 Å². The van der Waals surface area contributed by atoms with Gasteiger partial charge >= 0.3 is 5.82 Å². The molecule has 3 heterocycles. The number of piperidine rings is 1. The van der Waals surface area contributed by atoms with Gasteiger partial charge in [-0.3, -0.25) is 0 Å². The van der Waals surface area contributed by atoms with E-state index in [-0.39, 0.29) is 22.6 Å². The summed E-state index contributed by atoms with van der Waals surface area (Å²) in [6.45, 7) is 1.27. The monoisotopic (exact) mass is 361 g/mol. The molecule has 25 heavy (non-hydrogen) atoms. The zero-order valence-corrected chi connectivity index (χ0v) is 14.1. The Morgan fingerprint density at radius 1 is 1.32 bits per heavy atom. The zero-order valence-electron chi connectivity index (χ0n) is 13.3. The SMILES string of the molecule is O=[N+]([O-])c1c(N2CCC(Nc3ccccc3F)CC2)nc2sccn12. The molecule has 1 aliphatic heterocycles. The largest absolute Gasteiger partial charge is 0.380 e. The first-order chi connectivity index (χ1) is 12.1. The summed E-state index contributed by atoms with van der Waals surface area (Å²) >= 11 is 1.37. The molecule has 0 unspecified atom stereocenters. The second-order valence-corrected chi connectivity index (χ2v) is 6.83. The highest BCUT2D eigenvalue weighted by molar-refractivity contribution is 7.15. The van der Waals surface area contributed by atoms with Crippen LogP contribution in [-0.2, 0) is 0 Å². The average Bonchev–Trinajstić information content (AvgIpc) is 3.18. The summed E-state index contributed by atoms with van der Waals surface area (Å²) in [6.07, 6.45) is 3.19. The van der Waals surface area contributed by atoms with Crippen molar-refractivity contribution >= 4 is 33.6 Å². The van der Waals surface area contributed by atoms with Crippen molar-refractivity contribution < 1.29 is 9.31 Å². The zero-order chi connectivity index (χ0) is 17.4. The van der Waals surface area contributed by atoms with E-state index in [4.69, 9.17) is 0 Å². The van der Waals surface area contributed by atoms with Crippen LogP contribution in [0.25, 0.3) is 4.96 Å². The molecule has 1 saturated heterocycles. The van der Waals surface area contributed by atoms with Gasteiger partial charge in [0.05, 0.1) is 5.69 Å². The van der Waals surface area contributed by atoms with Gasteiger partial charge in [0.2, 0.25) is 5.82 Å². The van der Waals surface area contributed by atoms with Crippen LogP contribution in [0.15, 0.2) is 35.8 Å². The first-order valence-corrected chi connectivity index (χ1v) is 8.87. The highest BCUT2D eigenvalue weighted by Gasteiger charge is 2.30. The van der Waals surface area contributed by atoms with Crippen LogP contribution in [0.3, 0.4) is 0 Å². The molecule has 4 rings (SSSR count). The summed E-state index contributed by atoms with van der Waals surface area (Å²) in [7, 11) is 0. The first kappa shape index (κ1) is 15.8. The lowest BCUT2D eigenvalue weighted by atomic mass is 10.0. The van der Waals surface area contributed by atoms with E-state index in [2.05, 4.69) is 10.3 Å². The minimum atomic E-state index is -0.383. The highest BCUT2D eigenvalue weighted by atomic mass is 32.1. The Hall–Kier alpha value is -2.68. The lowest BCUT2D eigenvalue weighted by molar-refractivity contribution is -0.389. The number of hydrogen-bond donors (Lipinski definition) is 1. The maximum atomic E-state index is 13.8. The van der Waals surface area contributed by atoms with E-state index < -0.39 is 0 Å².